The summed E-state index contributed by atoms with van der Waals surface area (Å²) in [4.78, 5) is 37.0. The summed E-state index contributed by atoms with van der Waals surface area (Å²) < 4.78 is 10.2. The molecule has 0 aliphatic carbocycles. The molecule has 9 nitrogen and oxygen atoms in total. The lowest BCUT2D eigenvalue weighted by Gasteiger charge is -2.23. The molecule has 0 saturated heterocycles. The van der Waals surface area contributed by atoms with E-state index in [1.54, 1.807) is 20.8 Å². The van der Waals surface area contributed by atoms with Crippen molar-refractivity contribution in [2.45, 2.75) is 58.6 Å². The minimum absolute atomic E-state index is 0.0279. The van der Waals surface area contributed by atoms with Gasteiger partial charge in [0.1, 0.15) is 23.0 Å². The molecule has 1 heterocycles. The Morgan fingerprint density at radius 1 is 1.24 bits per heavy atom. The molecule has 0 saturated carbocycles. The lowest BCUT2D eigenvalue weighted by molar-refractivity contribution is -0.118. The third-order valence-corrected chi connectivity index (χ3v) is 3.97. The number of fused-ring (bicyclic) bond motifs is 1. The Hall–Kier alpha value is -3.23. The van der Waals surface area contributed by atoms with Crippen LogP contribution in [0.3, 0.4) is 0 Å². The van der Waals surface area contributed by atoms with Gasteiger partial charge < -0.3 is 30.0 Å². The maximum atomic E-state index is 12.7. The first-order valence-corrected chi connectivity index (χ1v) is 9.31. The molecule has 9 heteroatoms. The number of amides is 2. The van der Waals surface area contributed by atoms with Gasteiger partial charge in [-0.1, -0.05) is 19.8 Å². The molecule has 0 aliphatic rings. The zero-order valence-electron chi connectivity index (χ0n) is 16.9. The number of phenolic OH excluding ortho intramolecular Hbond substituents is 1. The van der Waals surface area contributed by atoms with Gasteiger partial charge in [0.2, 0.25) is 5.91 Å². The van der Waals surface area contributed by atoms with Gasteiger partial charge in [0.25, 0.3) is 0 Å². The Bertz CT molecular complexity index is 960. The number of carbonyl (C=O) groups is 2. The molecule has 0 radical (unpaired) electrons. The summed E-state index contributed by atoms with van der Waals surface area (Å²) in [5, 5.41) is 24.8. The van der Waals surface area contributed by atoms with Crippen molar-refractivity contribution in [2.24, 2.45) is 0 Å². The van der Waals surface area contributed by atoms with Crippen LogP contribution in [0.1, 0.15) is 47.0 Å². The van der Waals surface area contributed by atoms with E-state index in [1.165, 1.54) is 18.2 Å². The minimum atomic E-state index is -0.986. The molecule has 29 heavy (non-hydrogen) atoms. The van der Waals surface area contributed by atoms with Gasteiger partial charge in [0, 0.05) is 6.07 Å². The van der Waals surface area contributed by atoms with Crippen LogP contribution in [0.15, 0.2) is 27.4 Å². The minimum Gasteiger partial charge on any atom is -0.508 e. The number of carbonyl (C=O) groups excluding carboxylic acids is 2. The zero-order valence-corrected chi connectivity index (χ0v) is 16.9. The predicted octanol–water partition coefficient (Wildman–Crippen LogP) is 3.23. The maximum absolute atomic E-state index is 12.7. The zero-order chi connectivity index (χ0) is 21.8. The Morgan fingerprint density at radius 2 is 1.93 bits per heavy atom. The fraction of sp³-hybridized carbons (Fsp3) is 0.450. The van der Waals surface area contributed by atoms with E-state index in [-0.39, 0.29) is 16.7 Å². The molecule has 2 rings (SSSR count). The molecular formula is C20H26N2O7. The van der Waals surface area contributed by atoms with Crippen molar-refractivity contribution in [3.05, 3.63) is 28.6 Å². The van der Waals surface area contributed by atoms with E-state index in [4.69, 9.17) is 9.15 Å². The van der Waals surface area contributed by atoms with E-state index in [9.17, 15) is 24.6 Å². The van der Waals surface area contributed by atoms with Crippen LogP contribution in [0.4, 0.5) is 10.5 Å². The van der Waals surface area contributed by atoms with Gasteiger partial charge >= 0.3 is 11.7 Å². The second-order valence-electron chi connectivity index (χ2n) is 7.62. The fourth-order valence-corrected chi connectivity index (χ4v) is 2.62. The molecule has 0 aliphatic heterocycles. The van der Waals surface area contributed by atoms with Crippen molar-refractivity contribution in [3.8, 4) is 11.5 Å². The Labute approximate surface area is 167 Å². The Kier molecular flexibility index (Phi) is 6.73. The summed E-state index contributed by atoms with van der Waals surface area (Å²) >= 11 is 0. The first-order valence-electron chi connectivity index (χ1n) is 9.31. The predicted molar refractivity (Wildman–Crippen MR) is 107 cm³/mol. The van der Waals surface area contributed by atoms with E-state index in [1.807, 2.05) is 6.92 Å². The van der Waals surface area contributed by atoms with Crippen LogP contribution in [0.25, 0.3) is 11.0 Å². The largest absolute Gasteiger partial charge is 0.508 e. The van der Waals surface area contributed by atoms with Crippen LogP contribution in [-0.4, -0.2) is 33.9 Å². The normalized spacial score (nSPS) is 12.4. The summed E-state index contributed by atoms with van der Waals surface area (Å²) in [7, 11) is 0. The third-order valence-electron chi connectivity index (χ3n) is 3.97. The number of phenols is 1. The standard InChI is InChI=1S/C20H26N2O7/c1-5-6-7-13(21-19(27)29-20(2,3)4)17(25)22-15-16(24)12-9-8-11(23)10-14(12)28-18(15)26/h8-10,13,23-24H,5-7H2,1-4H3,(H,21,27)(H,22,25)/t13-/m0/s1. The molecule has 1 aromatic heterocycles. The molecule has 158 valence electrons. The lowest BCUT2D eigenvalue weighted by Crippen LogP contribution is -2.46. The number of hydrogen-bond acceptors (Lipinski definition) is 7. The molecule has 4 N–H and O–H groups in total. The average Bonchev–Trinajstić information content (AvgIpc) is 2.60. The van der Waals surface area contributed by atoms with Gasteiger partial charge in [-0.2, -0.15) is 0 Å². The molecule has 0 fully saturated rings. The number of rotatable bonds is 6. The first kappa shape index (κ1) is 22.1. The summed E-state index contributed by atoms with van der Waals surface area (Å²) in [6.07, 6.45) is 0.978. The summed E-state index contributed by atoms with van der Waals surface area (Å²) in [6.45, 7) is 7.03. The Balaban J connectivity index is 2.27. The van der Waals surface area contributed by atoms with Gasteiger partial charge in [-0.05, 0) is 39.3 Å². The highest BCUT2D eigenvalue weighted by molar-refractivity contribution is 6.00. The number of ether oxygens (including phenoxy) is 1. The smallest absolute Gasteiger partial charge is 0.408 e. The number of alkyl carbamates (subject to hydrolysis) is 1. The van der Waals surface area contributed by atoms with Gasteiger partial charge in [0.15, 0.2) is 11.4 Å². The highest BCUT2D eigenvalue weighted by atomic mass is 16.6. The number of aromatic hydroxyl groups is 2. The van der Waals surface area contributed by atoms with Crippen LogP contribution in [0.2, 0.25) is 0 Å². The molecular weight excluding hydrogens is 380 g/mol. The van der Waals surface area contributed by atoms with E-state index in [2.05, 4.69) is 10.6 Å². The first-order chi connectivity index (χ1) is 13.5. The van der Waals surface area contributed by atoms with Crippen molar-refractivity contribution in [1.82, 2.24) is 5.32 Å². The second-order valence-corrected chi connectivity index (χ2v) is 7.62. The number of unbranched alkanes of at least 4 members (excludes halogenated alkanes) is 1. The van der Waals surface area contributed by atoms with Crippen molar-refractivity contribution in [1.29, 1.82) is 0 Å². The summed E-state index contributed by atoms with van der Waals surface area (Å²) in [5.74, 6) is -1.32. The average molecular weight is 406 g/mol. The number of benzene rings is 1. The quantitative estimate of drug-likeness (QED) is 0.540. The highest BCUT2D eigenvalue weighted by Gasteiger charge is 2.26. The number of anilines is 1. The molecule has 0 spiro atoms. The topological polar surface area (TPSA) is 138 Å². The lowest BCUT2D eigenvalue weighted by atomic mass is 10.1. The summed E-state index contributed by atoms with van der Waals surface area (Å²) in [5.41, 5.74) is -2.19. The molecule has 2 amide bonds. The highest BCUT2D eigenvalue weighted by Crippen LogP contribution is 2.31. The number of nitrogens with one attached hydrogen (secondary N) is 2. The van der Waals surface area contributed by atoms with E-state index in [0.717, 1.165) is 6.42 Å². The van der Waals surface area contributed by atoms with Crippen LogP contribution < -0.4 is 16.3 Å². The van der Waals surface area contributed by atoms with Crippen molar-refractivity contribution >= 4 is 28.7 Å². The summed E-state index contributed by atoms with van der Waals surface area (Å²) in [6, 6.07) is 2.86. The molecule has 1 aromatic carbocycles. The number of hydrogen-bond donors (Lipinski definition) is 4. The fourth-order valence-electron chi connectivity index (χ4n) is 2.62. The van der Waals surface area contributed by atoms with E-state index >= 15 is 0 Å². The van der Waals surface area contributed by atoms with Gasteiger partial charge in [-0.25, -0.2) is 9.59 Å². The van der Waals surface area contributed by atoms with E-state index in [0.29, 0.717) is 12.8 Å². The van der Waals surface area contributed by atoms with Crippen molar-refractivity contribution < 1.29 is 29.0 Å². The van der Waals surface area contributed by atoms with Crippen LogP contribution in [-0.2, 0) is 9.53 Å². The molecule has 0 bridgehead atoms. The van der Waals surface area contributed by atoms with Gasteiger partial charge in [-0.15, -0.1) is 0 Å². The Morgan fingerprint density at radius 3 is 2.55 bits per heavy atom. The van der Waals surface area contributed by atoms with Gasteiger partial charge in [0.05, 0.1) is 5.39 Å². The third kappa shape index (κ3) is 5.87. The maximum Gasteiger partial charge on any atom is 0.408 e. The molecule has 2 aromatic rings. The van der Waals surface area contributed by atoms with Crippen molar-refractivity contribution in [3.63, 3.8) is 0 Å². The SMILES string of the molecule is CCCC[C@H](NC(=O)OC(C)(C)C)C(=O)Nc1c(O)c2ccc(O)cc2oc1=O. The monoisotopic (exact) mass is 406 g/mol. The van der Waals surface area contributed by atoms with E-state index < -0.39 is 40.7 Å². The molecule has 0 unspecified atom stereocenters. The second kappa shape index (κ2) is 8.85. The molecule has 1 atom stereocenters. The van der Waals surface area contributed by atoms with Crippen LogP contribution in [0.5, 0.6) is 11.5 Å². The van der Waals surface area contributed by atoms with Crippen LogP contribution in [0, 0.1) is 0 Å². The van der Waals surface area contributed by atoms with Crippen molar-refractivity contribution in [2.75, 3.05) is 5.32 Å². The van der Waals surface area contributed by atoms with Gasteiger partial charge in [-0.3, -0.25) is 4.79 Å². The van der Waals surface area contributed by atoms with Crippen LogP contribution >= 0.6 is 0 Å².